The molecule has 2 N–H and O–H groups in total. The molecule has 5 heteroatoms. The third-order valence-electron chi connectivity index (χ3n) is 2.74. The second kappa shape index (κ2) is 6.88. The van der Waals surface area contributed by atoms with E-state index < -0.39 is 4.32 Å². The van der Waals surface area contributed by atoms with Crippen LogP contribution < -0.4 is 10.6 Å². The average molecular weight is 341 g/mol. The van der Waals surface area contributed by atoms with E-state index in [-0.39, 0.29) is 17.7 Å². The Morgan fingerprint density at radius 2 is 1.75 bits per heavy atom. The van der Waals surface area contributed by atoms with Crippen LogP contribution in [0.25, 0.3) is 0 Å². The van der Waals surface area contributed by atoms with Crippen molar-refractivity contribution in [1.82, 2.24) is 5.32 Å². The number of carbonyl (C=O) groups is 2. The maximum absolute atomic E-state index is 11.7. The number of hydrogen-bond acceptors (Lipinski definition) is 2. The van der Waals surface area contributed by atoms with Gasteiger partial charge in [0.15, 0.2) is 0 Å². The Hall–Kier alpha value is -1.36. The molecule has 0 radical (unpaired) electrons. The smallest absolute Gasteiger partial charge is 0.236 e. The highest BCUT2D eigenvalue weighted by molar-refractivity contribution is 9.10. The molecule has 1 aromatic carbocycles. The van der Waals surface area contributed by atoms with Gasteiger partial charge in [-0.2, -0.15) is 0 Å². The third kappa shape index (κ3) is 5.33. The van der Waals surface area contributed by atoms with E-state index in [0.29, 0.717) is 6.54 Å². The molecule has 0 fully saturated rings. The Morgan fingerprint density at radius 3 is 2.20 bits per heavy atom. The fraction of sp³-hybridized carbons (Fsp3) is 0.467. The minimum absolute atomic E-state index is 0.00732. The second-order valence-corrected chi connectivity index (χ2v) is 7.48. The summed E-state index contributed by atoms with van der Waals surface area (Å²) in [6, 6.07) is 7.44. The zero-order valence-corrected chi connectivity index (χ0v) is 13.9. The fourth-order valence-corrected chi connectivity index (χ4v) is 1.53. The first kappa shape index (κ1) is 16.7. The molecule has 0 atom stereocenters. The van der Waals surface area contributed by atoms with Gasteiger partial charge in [-0.1, -0.05) is 41.9 Å². The number of rotatable bonds is 5. The van der Waals surface area contributed by atoms with Crippen LogP contribution >= 0.6 is 15.9 Å². The van der Waals surface area contributed by atoms with Crippen LogP contribution in [0.2, 0.25) is 0 Å². The Morgan fingerprint density at radius 1 is 1.20 bits per heavy atom. The average Bonchev–Trinajstić information content (AvgIpc) is 2.36. The summed E-state index contributed by atoms with van der Waals surface area (Å²) in [7, 11) is 0. The maximum atomic E-state index is 11.7. The molecule has 4 nitrogen and oxygen atoms in total. The molecule has 1 aromatic rings. The monoisotopic (exact) mass is 340 g/mol. The minimum atomic E-state index is -0.571. The van der Waals surface area contributed by atoms with Gasteiger partial charge in [0.1, 0.15) is 0 Å². The molecule has 0 unspecified atom stereocenters. The number of hydrogen-bond donors (Lipinski definition) is 2. The first-order valence-corrected chi connectivity index (χ1v) is 7.36. The van der Waals surface area contributed by atoms with E-state index in [0.717, 1.165) is 11.3 Å². The maximum Gasteiger partial charge on any atom is 0.236 e. The molecule has 1 rings (SSSR count). The molecule has 0 aromatic heterocycles. The quantitative estimate of drug-likeness (QED) is 0.809. The summed E-state index contributed by atoms with van der Waals surface area (Å²) in [5.74, 6) is -0.114. The van der Waals surface area contributed by atoms with Crippen LogP contribution in [0.15, 0.2) is 24.3 Å². The number of amides is 2. The molecule has 0 saturated heterocycles. The van der Waals surface area contributed by atoms with Crippen molar-refractivity contribution in [2.24, 2.45) is 5.92 Å². The van der Waals surface area contributed by atoms with Crippen molar-refractivity contribution in [3.63, 3.8) is 0 Å². The second-order valence-electron chi connectivity index (χ2n) is 5.50. The van der Waals surface area contributed by atoms with Gasteiger partial charge in [0, 0.05) is 18.2 Å². The van der Waals surface area contributed by atoms with Crippen molar-refractivity contribution < 1.29 is 9.59 Å². The van der Waals surface area contributed by atoms with Crippen LogP contribution in [0.1, 0.15) is 33.3 Å². The molecule has 0 heterocycles. The fourth-order valence-electron chi connectivity index (χ4n) is 1.39. The summed E-state index contributed by atoms with van der Waals surface area (Å²) in [5, 5.41) is 5.67. The molecule has 0 aliphatic heterocycles. The Kier molecular flexibility index (Phi) is 5.74. The summed E-state index contributed by atoms with van der Waals surface area (Å²) >= 11 is 3.31. The topological polar surface area (TPSA) is 58.2 Å². The lowest BCUT2D eigenvalue weighted by Gasteiger charge is -2.16. The van der Waals surface area contributed by atoms with Crippen molar-refractivity contribution in [3.05, 3.63) is 29.8 Å². The van der Waals surface area contributed by atoms with Gasteiger partial charge in [-0.05, 0) is 31.5 Å². The SMILES string of the molecule is CC(C)C(=O)Nc1ccc(CNC(=O)C(C)(C)Br)cc1. The van der Waals surface area contributed by atoms with Crippen LogP contribution in [0.4, 0.5) is 5.69 Å². The zero-order valence-electron chi connectivity index (χ0n) is 12.3. The van der Waals surface area contributed by atoms with Crippen LogP contribution in [0.3, 0.4) is 0 Å². The standard InChI is InChI=1S/C15H21BrN2O2/c1-10(2)13(19)18-12-7-5-11(6-8-12)9-17-14(20)15(3,4)16/h5-8,10H,9H2,1-4H3,(H,17,20)(H,18,19). The molecule has 2 amide bonds. The molecule has 0 spiro atoms. The van der Waals surface area contributed by atoms with E-state index in [9.17, 15) is 9.59 Å². The van der Waals surface area contributed by atoms with Crippen LogP contribution in [-0.4, -0.2) is 16.1 Å². The molecule has 20 heavy (non-hydrogen) atoms. The number of alkyl halides is 1. The molecule has 0 aliphatic carbocycles. The van der Waals surface area contributed by atoms with E-state index in [2.05, 4.69) is 26.6 Å². The first-order chi connectivity index (χ1) is 9.20. The van der Waals surface area contributed by atoms with Gasteiger partial charge in [-0.3, -0.25) is 9.59 Å². The summed E-state index contributed by atoms with van der Waals surface area (Å²) in [4.78, 5) is 23.3. The molecule has 110 valence electrons. The van der Waals surface area contributed by atoms with Crippen LogP contribution in [-0.2, 0) is 16.1 Å². The molecular weight excluding hydrogens is 320 g/mol. The van der Waals surface area contributed by atoms with Gasteiger partial charge >= 0.3 is 0 Å². The number of anilines is 1. The van der Waals surface area contributed by atoms with Crippen LogP contribution in [0, 0.1) is 5.92 Å². The van der Waals surface area contributed by atoms with Gasteiger partial charge in [0.05, 0.1) is 4.32 Å². The Balaban J connectivity index is 2.55. The lowest BCUT2D eigenvalue weighted by atomic mass is 10.1. The van der Waals surface area contributed by atoms with Crippen molar-refractivity contribution in [2.45, 2.75) is 38.6 Å². The first-order valence-electron chi connectivity index (χ1n) is 6.57. The lowest BCUT2D eigenvalue weighted by Crippen LogP contribution is -2.37. The summed E-state index contributed by atoms with van der Waals surface area (Å²) < 4.78 is -0.571. The highest BCUT2D eigenvalue weighted by Crippen LogP contribution is 2.16. The highest BCUT2D eigenvalue weighted by atomic mass is 79.9. The summed E-state index contributed by atoms with van der Waals surface area (Å²) in [6.07, 6.45) is 0. The van der Waals surface area contributed by atoms with E-state index in [1.165, 1.54) is 0 Å². The molecule has 0 bridgehead atoms. The van der Waals surface area contributed by atoms with E-state index >= 15 is 0 Å². The molecule has 0 aliphatic rings. The Bertz CT molecular complexity index is 476. The Labute approximate surface area is 128 Å². The van der Waals surface area contributed by atoms with Crippen LogP contribution in [0.5, 0.6) is 0 Å². The number of nitrogens with one attached hydrogen (secondary N) is 2. The predicted octanol–water partition coefficient (Wildman–Crippen LogP) is 3.07. The largest absolute Gasteiger partial charge is 0.351 e. The van der Waals surface area contributed by atoms with Gasteiger partial charge < -0.3 is 10.6 Å². The molecular formula is C15H21BrN2O2. The predicted molar refractivity (Wildman–Crippen MR) is 84.8 cm³/mol. The normalized spacial score (nSPS) is 11.3. The van der Waals surface area contributed by atoms with Gasteiger partial charge in [0.25, 0.3) is 0 Å². The van der Waals surface area contributed by atoms with Gasteiger partial charge in [0.2, 0.25) is 11.8 Å². The van der Waals surface area contributed by atoms with Crippen molar-refractivity contribution >= 4 is 33.4 Å². The number of benzene rings is 1. The minimum Gasteiger partial charge on any atom is -0.351 e. The number of halogens is 1. The number of carbonyl (C=O) groups excluding carboxylic acids is 2. The lowest BCUT2D eigenvalue weighted by molar-refractivity contribution is -0.122. The third-order valence-corrected chi connectivity index (χ3v) is 3.10. The molecule has 0 saturated carbocycles. The van der Waals surface area contributed by atoms with E-state index in [4.69, 9.17) is 0 Å². The summed E-state index contributed by atoms with van der Waals surface area (Å²) in [6.45, 7) is 7.76. The van der Waals surface area contributed by atoms with Crippen molar-refractivity contribution in [1.29, 1.82) is 0 Å². The zero-order chi connectivity index (χ0) is 15.3. The summed E-state index contributed by atoms with van der Waals surface area (Å²) in [5.41, 5.74) is 1.75. The highest BCUT2D eigenvalue weighted by Gasteiger charge is 2.22. The van der Waals surface area contributed by atoms with Crippen molar-refractivity contribution in [2.75, 3.05) is 5.32 Å². The van der Waals surface area contributed by atoms with Gasteiger partial charge in [-0.25, -0.2) is 0 Å². The van der Waals surface area contributed by atoms with Gasteiger partial charge in [-0.15, -0.1) is 0 Å². The van der Waals surface area contributed by atoms with Crippen molar-refractivity contribution in [3.8, 4) is 0 Å². The van der Waals surface area contributed by atoms with E-state index in [1.54, 1.807) is 13.8 Å². The van der Waals surface area contributed by atoms with E-state index in [1.807, 2.05) is 38.1 Å².